The summed E-state index contributed by atoms with van der Waals surface area (Å²) in [4.78, 5) is 31.0. The molecule has 0 atom stereocenters. The van der Waals surface area contributed by atoms with Crippen LogP contribution in [0.5, 0.6) is 0 Å². The third kappa shape index (κ3) is 6.58. The first-order chi connectivity index (χ1) is 18.2. The standard InChI is InChI=1S/C31H38N4O3/c1-31(2,32)24-14-12-23(13-15-24)27-20-33-28(19-26(27)22-8-6-5-7-9-22)34-29(36)18-21-10-16-25(17-11-21)35(3)30(37)38-4/h5-9,12-15,19-21,25H,10-11,16-18,32H2,1-4H3,(H,33,34,36). The number of hydrogen-bond acceptors (Lipinski definition) is 5. The minimum Gasteiger partial charge on any atom is -0.453 e. The monoisotopic (exact) mass is 514 g/mol. The second kappa shape index (κ2) is 11.8. The lowest BCUT2D eigenvalue weighted by Crippen LogP contribution is -2.39. The molecule has 1 aliphatic rings. The number of carbonyl (C=O) groups excluding carboxylic acids is 2. The van der Waals surface area contributed by atoms with Crippen LogP contribution in [-0.4, -0.2) is 42.1 Å². The van der Waals surface area contributed by atoms with Crippen molar-refractivity contribution < 1.29 is 14.3 Å². The molecule has 0 saturated heterocycles. The maximum absolute atomic E-state index is 12.9. The quantitative estimate of drug-likeness (QED) is 0.391. The van der Waals surface area contributed by atoms with E-state index in [1.54, 1.807) is 11.9 Å². The number of amides is 2. The Kier molecular flexibility index (Phi) is 8.47. The molecule has 1 heterocycles. The minimum atomic E-state index is -0.413. The Morgan fingerprint density at radius 3 is 2.24 bits per heavy atom. The molecule has 1 aliphatic carbocycles. The van der Waals surface area contributed by atoms with E-state index in [-0.39, 0.29) is 24.0 Å². The van der Waals surface area contributed by atoms with Gasteiger partial charge in [-0.3, -0.25) is 4.79 Å². The number of benzene rings is 2. The van der Waals surface area contributed by atoms with Crippen molar-refractivity contribution in [2.24, 2.45) is 11.7 Å². The van der Waals surface area contributed by atoms with Crippen molar-refractivity contribution in [1.29, 1.82) is 0 Å². The molecule has 3 N–H and O–H groups in total. The number of nitrogens with one attached hydrogen (secondary N) is 1. The van der Waals surface area contributed by atoms with Crippen LogP contribution in [0.25, 0.3) is 22.3 Å². The van der Waals surface area contributed by atoms with Gasteiger partial charge in [-0.05, 0) is 73.8 Å². The number of anilines is 1. The first-order valence-corrected chi connectivity index (χ1v) is 13.2. The number of hydrogen-bond donors (Lipinski definition) is 2. The smallest absolute Gasteiger partial charge is 0.409 e. The van der Waals surface area contributed by atoms with E-state index >= 15 is 0 Å². The number of carbonyl (C=O) groups is 2. The fraction of sp³-hybridized carbons (Fsp3) is 0.387. The Bertz CT molecular complexity index is 1240. The molecule has 7 heteroatoms. The molecule has 0 radical (unpaired) electrons. The lowest BCUT2D eigenvalue weighted by molar-refractivity contribution is -0.117. The number of nitrogens with two attached hydrogens (primary N) is 1. The molecule has 0 spiro atoms. The van der Waals surface area contributed by atoms with Crippen LogP contribution in [0, 0.1) is 5.92 Å². The number of rotatable bonds is 7. The molecule has 0 bridgehead atoms. The van der Waals surface area contributed by atoms with E-state index < -0.39 is 5.54 Å². The molecule has 7 nitrogen and oxygen atoms in total. The van der Waals surface area contributed by atoms with E-state index in [9.17, 15) is 9.59 Å². The van der Waals surface area contributed by atoms with Crippen molar-refractivity contribution in [3.8, 4) is 22.3 Å². The van der Waals surface area contributed by atoms with Gasteiger partial charge in [-0.2, -0.15) is 0 Å². The summed E-state index contributed by atoms with van der Waals surface area (Å²) in [7, 11) is 3.17. The summed E-state index contributed by atoms with van der Waals surface area (Å²) in [6.07, 6.45) is 5.49. The van der Waals surface area contributed by atoms with Crippen molar-refractivity contribution in [2.75, 3.05) is 19.5 Å². The van der Waals surface area contributed by atoms with Gasteiger partial charge in [-0.25, -0.2) is 9.78 Å². The van der Waals surface area contributed by atoms with Crippen LogP contribution in [0.15, 0.2) is 66.9 Å². The van der Waals surface area contributed by atoms with Gasteiger partial charge in [0.2, 0.25) is 5.91 Å². The third-order valence-corrected chi connectivity index (χ3v) is 7.50. The highest BCUT2D eigenvalue weighted by atomic mass is 16.5. The van der Waals surface area contributed by atoms with Gasteiger partial charge in [0.25, 0.3) is 0 Å². The molecule has 0 unspecified atom stereocenters. The van der Waals surface area contributed by atoms with E-state index in [0.717, 1.165) is 53.5 Å². The molecule has 200 valence electrons. The topological polar surface area (TPSA) is 97.5 Å². The van der Waals surface area contributed by atoms with Gasteiger partial charge < -0.3 is 20.7 Å². The van der Waals surface area contributed by atoms with Gasteiger partial charge >= 0.3 is 6.09 Å². The Morgan fingerprint density at radius 2 is 1.63 bits per heavy atom. The average molecular weight is 515 g/mol. The number of aromatic nitrogens is 1. The molecule has 2 aromatic carbocycles. The van der Waals surface area contributed by atoms with Crippen molar-refractivity contribution in [3.05, 3.63) is 72.4 Å². The van der Waals surface area contributed by atoms with E-state index in [1.807, 2.05) is 44.3 Å². The highest BCUT2D eigenvalue weighted by Gasteiger charge is 2.28. The van der Waals surface area contributed by atoms with Gasteiger partial charge in [0.15, 0.2) is 0 Å². The van der Waals surface area contributed by atoms with Crippen LogP contribution >= 0.6 is 0 Å². The Balaban J connectivity index is 1.47. The van der Waals surface area contributed by atoms with E-state index in [4.69, 9.17) is 10.5 Å². The summed E-state index contributed by atoms with van der Waals surface area (Å²) < 4.78 is 4.83. The number of nitrogens with zero attached hydrogens (tertiary/aromatic N) is 2. The molecule has 1 aromatic heterocycles. The summed E-state index contributed by atoms with van der Waals surface area (Å²) in [6.45, 7) is 3.98. The minimum absolute atomic E-state index is 0.0384. The summed E-state index contributed by atoms with van der Waals surface area (Å²) in [6, 6.07) is 20.5. The van der Waals surface area contributed by atoms with Crippen LogP contribution in [0.3, 0.4) is 0 Å². The lowest BCUT2D eigenvalue weighted by Gasteiger charge is -2.33. The number of pyridine rings is 1. The highest BCUT2D eigenvalue weighted by Crippen LogP contribution is 2.34. The number of methoxy groups -OCH3 is 1. The lowest BCUT2D eigenvalue weighted by atomic mass is 9.83. The third-order valence-electron chi connectivity index (χ3n) is 7.50. The van der Waals surface area contributed by atoms with Crippen molar-refractivity contribution >= 4 is 17.8 Å². The fourth-order valence-electron chi connectivity index (χ4n) is 5.18. The number of ether oxygens (including phenoxy) is 1. The van der Waals surface area contributed by atoms with Crippen LogP contribution < -0.4 is 11.1 Å². The molecule has 3 aromatic rings. The molecular weight excluding hydrogens is 476 g/mol. The van der Waals surface area contributed by atoms with Gasteiger partial charge in [-0.1, -0.05) is 54.6 Å². The first kappa shape index (κ1) is 27.3. The zero-order valence-electron chi connectivity index (χ0n) is 22.7. The van der Waals surface area contributed by atoms with Crippen LogP contribution in [0.2, 0.25) is 0 Å². The normalized spacial score (nSPS) is 17.5. The molecule has 0 aliphatic heterocycles. The SMILES string of the molecule is COC(=O)N(C)C1CCC(CC(=O)Nc2cc(-c3ccccc3)c(-c3ccc(C(C)(C)N)cc3)cn2)CC1. The van der Waals surface area contributed by atoms with Crippen LogP contribution in [0.1, 0.15) is 51.5 Å². The summed E-state index contributed by atoms with van der Waals surface area (Å²) >= 11 is 0. The second-order valence-corrected chi connectivity index (χ2v) is 10.8. The largest absolute Gasteiger partial charge is 0.453 e. The Morgan fingerprint density at radius 1 is 1.00 bits per heavy atom. The maximum atomic E-state index is 12.9. The fourth-order valence-corrected chi connectivity index (χ4v) is 5.18. The van der Waals surface area contributed by atoms with Crippen LogP contribution in [0.4, 0.5) is 10.6 Å². The van der Waals surface area contributed by atoms with Crippen molar-refractivity contribution in [1.82, 2.24) is 9.88 Å². The van der Waals surface area contributed by atoms with Crippen LogP contribution in [-0.2, 0) is 15.1 Å². The summed E-state index contributed by atoms with van der Waals surface area (Å²) in [5.74, 6) is 0.787. The van der Waals surface area contributed by atoms with Crippen molar-refractivity contribution in [2.45, 2.75) is 57.5 Å². The van der Waals surface area contributed by atoms with E-state index in [2.05, 4.69) is 46.7 Å². The zero-order valence-corrected chi connectivity index (χ0v) is 22.7. The molecule has 1 fully saturated rings. The predicted octanol–water partition coefficient (Wildman–Crippen LogP) is 6.20. The molecule has 38 heavy (non-hydrogen) atoms. The molecule has 1 saturated carbocycles. The van der Waals surface area contributed by atoms with E-state index in [1.165, 1.54) is 7.11 Å². The van der Waals surface area contributed by atoms with E-state index in [0.29, 0.717) is 12.2 Å². The summed E-state index contributed by atoms with van der Waals surface area (Å²) in [5.41, 5.74) is 11.0. The van der Waals surface area contributed by atoms with Gasteiger partial charge in [0.05, 0.1) is 7.11 Å². The zero-order chi connectivity index (χ0) is 27.3. The Hall–Kier alpha value is -3.71. The Labute approximate surface area is 225 Å². The van der Waals surface area contributed by atoms with Gasteiger partial charge in [0.1, 0.15) is 5.82 Å². The average Bonchev–Trinajstić information content (AvgIpc) is 2.92. The summed E-state index contributed by atoms with van der Waals surface area (Å²) in [5, 5.41) is 3.02. The maximum Gasteiger partial charge on any atom is 0.409 e. The van der Waals surface area contributed by atoms with Gasteiger partial charge in [-0.15, -0.1) is 0 Å². The first-order valence-electron chi connectivity index (χ1n) is 13.2. The highest BCUT2D eigenvalue weighted by molar-refractivity contribution is 5.92. The van der Waals surface area contributed by atoms with Gasteiger partial charge in [0, 0.05) is 36.8 Å². The molecule has 2 amide bonds. The molecule has 4 rings (SSSR count). The second-order valence-electron chi connectivity index (χ2n) is 10.8. The van der Waals surface area contributed by atoms with Crippen molar-refractivity contribution in [3.63, 3.8) is 0 Å². The predicted molar refractivity (Wildman–Crippen MR) is 151 cm³/mol. The molecular formula is C31H38N4O3.